The van der Waals surface area contributed by atoms with E-state index >= 15 is 0 Å². The molecule has 0 saturated carbocycles. The fourth-order valence-corrected chi connectivity index (χ4v) is 2.12. The standard InChI is InChI=1S/C15H13F4N/c16-13-6-2-4-11(8-13)14(9-20)10-3-1-5-12(7-10)15(17,18)19/h1-8,14H,9,20H2. The molecule has 2 rings (SSSR count). The van der Waals surface area contributed by atoms with Crippen LogP contribution in [0.15, 0.2) is 48.5 Å². The molecule has 106 valence electrons. The first-order chi connectivity index (χ1) is 9.41. The van der Waals surface area contributed by atoms with E-state index in [-0.39, 0.29) is 6.54 Å². The Balaban J connectivity index is 2.42. The summed E-state index contributed by atoms with van der Waals surface area (Å²) in [5, 5.41) is 0. The lowest BCUT2D eigenvalue weighted by Crippen LogP contribution is -2.15. The van der Waals surface area contributed by atoms with E-state index in [2.05, 4.69) is 0 Å². The maximum absolute atomic E-state index is 13.2. The zero-order valence-electron chi connectivity index (χ0n) is 10.5. The number of halogens is 4. The monoisotopic (exact) mass is 283 g/mol. The second-order valence-corrected chi connectivity index (χ2v) is 4.47. The number of hydrogen-bond acceptors (Lipinski definition) is 1. The lowest BCUT2D eigenvalue weighted by atomic mass is 9.90. The Morgan fingerprint density at radius 3 is 2.10 bits per heavy atom. The maximum atomic E-state index is 13.2. The summed E-state index contributed by atoms with van der Waals surface area (Å²) in [4.78, 5) is 0. The molecule has 0 amide bonds. The normalized spacial score (nSPS) is 13.2. The second kappa shape index (κ2) is 5.63. The maximum Gasteiger partial charge on any atom is 0.416 e. The molecule has 2 aromatic rings. The molecule has 0 spiro atoms. The third kappa shape index (κ3) is 3.17. The topological polar surface area (TPSA) is 26.0 Å². The Labute approximate surface area is 114 Å². The summed E-state index contributed by atoms with van der Waals surface area (Å²) in [6, 6.07) is 10.7. The van der Waals surface area contributed by atoms with E-state index in [0.29, 0.717) is 11.1 Å². The first-order valence-corrected chi connectivity index (χ1v) is 6.04. The second-order valence-electron chi connectivity index (χ2n) is 4.47. The molecule has 0 aliphatic heterocycles. The molecule has 2 N–H and O–H groups in total. The van der Waals surface area contributed by atoms with E-state index in [1.54, 1.807) is 12.1 Å². The van der Waals surface area contributed by atoms with Gasteiger partial charge in [0.25, 0.3) is 0 Å². The SMILES string of the molecule is NCC(c1cccc(F)c1)c1cccc(C(F)(F)F)c1. The first-order valence-electron chi connectivity index (χ1n) is 6.04. The molecule has 1 unspecified atom stereocenters. The Hall–Kier alpha value is -1.88. The lowest BCUT2D eigenvalue weighted by Gasteiger charge is -2.17. The van der Waals surface area contributed by atoms with Crippen molar-refractivity contribution in [1.29, 1.82) is 0 Å². The molecule has 1 nitrogen and oxygen atoms in total. The summed E-state index contributed by atoms with van der Waals surface area (Å²) in [6.45, 7) is 0.102. The van der Waals surface area contributed by atoms with Crippen LogP contribution >= 0.6 is 0 Å². The van der Waals surface area contributed by atoms with Crippen LogP contribution in [-0.2, 0) is 6.18 Å². The van der Waals surface area contributed by atoms with Crippen molar-refractivity contribution >= 4 is 0 Å². The van der Waals surface area contributed by atoms with Gasteiger partial charge >= 0.3 is 6.18 Å². The van der Waals surface area contributed by atoms with Crippen molar-refractivity contribution in [2.24, 2.45) is 5.73 Å². The predicted molar refractivity (Wildman–Crippen MR) is 68.7 cm³/mol. The van der Waals surface area contributed by atoms with Gasteiger partial charge < -0.3 is 5.73 Å². The molecule has 0 bridgehead atoms. The van der Waals surface area contributed by atoms with Gasteiger partial charge in [0, 0.05) is 12.5 Å². The highest BCUT2D eigenvalue weighted by Crippen LogP contribution is 2.32. The van der Waals surface area contributed by atoms with E-state index in [4.69, 9.17) is 5.73 Å². The Morgan fingerprint density at radius 1 is 0.950 bits per heavy atom. The van der Waals surface area contributed by atoms with Crippen LogP contribution in [0.1, 0.15) is 22.6 Å². The van der Waals surface area contributed by atoms with E-state index in [1.807, 2.05) is 0 Å². The van der Waals surface area contributed by atoms with Gasteiger partial charge in [-0.3, -0.25) is 0 Å². The van der Waals surface area contributed by atoms with E-state index in [0.717, 1.165) is 12.1 Å². The molecule has 0 aromatic heterocycles. The van der Waals surface area contributed by atoms with Gasteiger partial charge in [-0.25, -0.2) is 4.39 Å². The number of alkyl halides is 3. The van der Waals surface area contributed by atoms with Gasteiger partial charge in [0.1, 0.15) is 5.82 Å². The molecule has 0 fully saturated rings. The van der Waals surface area contributed by atoms with Crippen LogP contribution in [0.2, 0.25) is 0 Å². The molecule has 0 saturated heterocycles. The van der Waals surface area contributed by atoms with Crippen molar-refractivity contribution in [1.82, 2.24) is 0 Å². The van der Waals surface area contributed by atoms with Crippen LogP contribution in [0.3, 0.4) is 0 Å². The quantitative estimate of drug-likeness (QED) is 0.848. The van der Waals surface area contributed by atoms with Crippen LogP contribution in [0.25, 0.3) is 0 Å². The number of nitrogens with two attached hydrogens (primary N) is 1. The van der Waals surface area contributed by atoms with Gasteiger partial charge in [-0.05, 0) is 29.3 Å². The molecule has 0 heterocycles. The summed E-state index contributed by atoms with van der Waals surface area (Å²) in [5.41, 5.74) is 5.90. The molecular weight excluding hydrogens is 270 g/mol. The van der Waals surface area contributed by atoms with Crippen LogP contribution in [0.5, 0.6) is 0 Å². The molecule has 2 aromatic carbocycles. The zero-order chi connectivity index (χ0) is 14.8. The Bertz CT molecular complexity index is 592. The number of benzene rings is 2. The van der Waals surface area contributed by atoms with Crippen molar-refractivity contribution in [2.45, 2.75) is 12.1 Å². The fourth-order valence-electron chi connectivity index (χ4n) is 2.12. The summed E-state index contributed by atoms with van der Waals surface area (Å²) >= 11 is 0. The van der Waals surface area contributed by atoms with Gasteiger partial charge in [0.15, 0.2) is 0 Å². The van der Waals surface area contributed by atoms with Crippen LogP contribution in [-0.4, -0.2) is 6.54 Å². The first kappa shape index (κ1) is 14.5. The average molecular weight is 283 g/mol. The van der Waals surface area contributed by atoms with E-state index < -0.39 is 23.5 Å². The molecular formula is C15H13F4N. The van der Waals surface area contributed by atoms with Gasteiger partial charge in [-0.15, -0.1) is 0 Å². The summed E-state index contributed by atoms with van der Waals surface area (Å²) in [7, 11) is 0. The van der Waals surface area contributed by atoms with Crippen molar-refractivity contribution in [3.05, 3.63) is 71.0 Å². The minimum Gasteiger partial charge on any atom is -0.330 e. The minimum absolute atomic E-state index is 0.102. The number of hydrogen-bond donors (Lipinski definition) is 1. The smallest absolute Gasteiger partial charge is 0.330 e. The third-order valence-corrected chi connectivity index (χ3v) is 3.10. The molecule has 20 heavy (non-hydrogen) atoms. The van der Waals surface area contributed by atoms with Crippen molar-refractivity contribution < 1.29 is 17.6 Å². The summed E-state index contributed by atoms with van der Waals surface area (Å²) in [6.07, 6.45) is -4.41. The Kier molecular flexibility index (Phi) is 4.09. The fraction of sp³-hybridized carbons (Fsp3) is 0.200. The van der Waals surface area contributed by atoms with Gasteiger partial charge in [0.2, 0.25) is 0 Å². The summed E-state index contributed by atoms with van der Waals surface area (Å²) < 4.78 is 51.4. The van der Waals surface area contributed by atoms with Crippen LogP contribution in [0, 0.1) is 5.82 Å². The largest absolute Gasteiger partial charge is 0.416 e. The minimum atomic E-state index is -4.41. The molecule has 5 heteroatoms. The van der Waals surface area contributed by atoms with Crippen molar-refractivity contribution in [3.8, 4) is 0 Å². The highest BCUT2D eigenvalue weighted by Gasteiger charge is 2.31. The van der Waals surface area contributed by atoms with Gasteiger partial charge in [-0.2, -0.15) is 13.2 Å². The Morgan fingerprint density at radius 2 is 1.55 bits per heavy atom. The van der Waals surface area contributed by atoms with E-state index in [9.17, 15) is 17.6 Å². The lowest BCUT2D eigenvalue weighted by molar-refractivity contribution is -0.137. The highest BCUT2D eigenvalue weighted by atomic mass is 19.4. The average Bonchev–Trinajstić information content (AvgIpc) is 2.39. The van der Waals surface area contributed by atoms with Crippen molar-refractivity contribution in [2.75, 3.05) is 6.54 Å². The zero-order valence-corrected chi connectivity index (χ0v) is 10.5. The van der Waals surface area contributed by atoms with E-state index in [1.165, 1.54) is 24.3 Å². The molecule has 0 aliphatic rings. The van der Waals surface area contributed by atoms with Gasteiger partial charge in [0.05, 0.1) is 5.56 Å². The molecule has 0 radical (unpaired) electrons. The van der Waals surface area contributed by atoms with Crippen LogP contribution in [0.4, 0.5) is 17.6 Å². The van der Waals surface area contributed by atoms with Crippen molar-refractivity contribution in [3.63, 3.8) is 0 Å². The highest BCUT2D eigenvalue weighted by molar-refractivity contribution is 5.36. The summed E-state index contributed by atoms with van der Waals surface area (Å²) in [5.74, 6) is -0.902. The number of rotatable bonds is 3. The molecule has 0 aliphatic carbocycles. The van der Waals surface area contributed by atoms with Crippen LogP contribution < -0.4 is 5.73 Å². The molecule has 1 atom stereocenters. The van der Waals surface area contributed by atoms with Gasteiger partial charge in [-0.1, -0.05) is 30.3 Å². The predicted octanol–water partition coefficient (Wildman–Crippen LogP) is 3.94. The third-order valence-electron chi connectivity index (χ3n) is 3.10.